The summed E-state index contributed by atoms with van der Waals surface area (Å²) >= 11 is 6.46. The van der Waals surface area contributed by atoms with Crippen molar-refractivity contribution in [3.8, 4) is 5.75 Å². The third kappa shape index (κ3) is 6.99. The molecule has 206 valence electrons. The highest BCUT2D eigenvalue weighted by Crippen LogP contribution is 2.36. The van der Waals surface area contributed by atoms with Crippen LogP contribution in [0.5, 0.6) is 5.75 Å². The number of aromatic hydroxyl groups is 1. The number of ether oxygens (including phenoxy) is 1. The van der Waals surface area contributed by atoms with E-state index in [9.17, 15) is 9.50 Å². The Kier molecular flexibility index (Phi) is 8.82. The molecule has 39 heavy (non-hydrogen) atoms. The predicted octanol–water partition coefficient (Wildman–Crippen LogP) is 4.59. The molecule has 12 heteroatoms. The molecule has 2 aromatic carbocycles. The minimum atomic E-state index is -0.520. The molecule has 2 fully saturated rings. The summed E-state index contributed by atoms with van der Waals surface area (Å²) in [6.07, 6.45) is 1.08. The zero-order chi connectivity index (χ0) is 27.2. The molecule has 0 spiro atoms. The van der Waals surface area contributed by atoms with Gasteiger partial charge < -0.3 is 25.0 Å². The second-order valence-corrected chi connectivity index (χ2v) is 10.1. The molecular formula is C27H32ClFN8O2. The first kappa shape index (κ1) is 27.2. The van der Waals surface area contributed by atoms with Crippen molar-refractivity contribution in [1.82, 2.24) is 19.8 Å². The van der Waals surface area contributed by atoms with Crippen LogP contribution in [-0.2, 0) is 17.8 Å². The number of piperazine rings is 1. The summed E-state index contributed by atoms with van der Waals surface area (Å²) < 4.78 is 19.5. The molecule has 2 saturated heterocycles. The Morgan fingerprint density at radius 1 is 1.05 bits per heavy atom. The first-order valence-electron chi connectivity index (χ1n) is 13.0. The van der Waals surface area contributed by atoms with E-state index in [0.717, 1.165) is 44.6 Å². The number of benzene rings is 2. The Morgan fingerprint density at radius 3 is 2.54 bits per heavy atom. The largest absolute Gasteiger partial charge is 0.506 e. The predicted molar refractivity (Wildman–Crippen MR) is 149 cm³/mol. The number of nitrogens with zero attached hydrogens (tertiary/aromatic N) is 7. The van der Waals surface area contributed by atoms with E-state index in [1.807, 2.05) is 12.1 Å². The van der Waals surface area contributed by atoms with E-state index >= 15 is 0 Å². The Balaban J connectivity index is 1.19. The number of hydrogen-bond acceptors (Lipinski definition) is 10. The van der Waals surface area contributed by atoms with Gasteiger partial charge in [0, 0.05) is 57.1 Å². The van der Waals surface area contributed by atoms with Crippen LogP contribution in [0, 0.1) is 5.82 Å². The van der Waals surface area contributed by atoms with Gasteiger partial charge in [-0.1, -0.05) is 29.8 Å². The van der Waals surface area contributed by atoms with Gasteiger partial charge in [0.25, 0.3) is 5.95 Å². The van der Waals surface area contributed by atoms with E-state index in [-0.39, 0.29) is 29.1 Å². The number of halogens is 2. The van der Waals surface area contributed by atoms with Crippen molar-refractivity contribution in [2.75, 3.05) is 69.7 Å². The number of phenolic OH excluding ortho intramolecular Hbond substituents is 1. The first-order valence-corrected chi connectivity index (χ1v) is 13.3. The summed E-state index contributed by atoms with van der Waals surface area (Å²) in [7, 11) is 2.16. The van der Waals surface area contributed by atoms with E-state index in [1.54, 1.807) is 17.0 Å². The number of anilines is 3. The minimum Gasteiger partial charge on any atom is -0.506 e. The summed E-state index contributed by atoms with van der Waals surface area (Å²) in [6.45, 7) is 7.41. The van der Waals surface area contributed by atoms with Crippen molar-refractivity contribution in [3.63, 3.8) is 0 Å². The summed E-state index contributed by atoms with van der Waals surface area (Å²) in [5.74, 6) is -0.386. The van der Waals surface area contributed by atoms with E-state index < -0.39 is 5.82 Å². The summed E-state index contributed by atoms with van der Waals surface area (Å²) in [6, 6.07) is 11.7. The molecule has 0 amide bonds. The number of hydrogen-bond donors (Lipinski definition) is 2. The molecule has 0 saturated carbocycles. The molecule has 2 N–H and O–H groups in total. The summed E-state index contributed by atoms with van der Waals surface area (Å²) in [5, 5.41) is 22.2. The molecule has 0 atom stereocenters. The standard InChI is InChI=1S/C27H32ClFN8O2/c1-35-8-10-36(11-9-35)18-19-2-5-21(6-3-19)32-23-7-4-20(25(38)24(23)28)16-31-34-27-30-17-22(29)26(33-27)37-12-14-39-15-13-37/h2-7,17,32,38H,8-16,18H2,1H3. The molecule has 0 aliphatic carbocycles. The number of aromatic nitrogens is 2. The molecular weight excluding hydrogens is 523 g/mol. The van der Waals surface area contributed by atoms with Crippen LogP contribution in [0.4, 0.5) is 27.5 Å². The molecule has 10 nitrogen and oxygen atoms in total. The maximum atomic E-state index is 14.2. The van der Waals surface area contributed by atoms with E-state index in [1.165, 1.54) is 5.56 Å². The van der Waals surface area contributed by atoms with Crippen LogP contribution in [0.3, 0.4) is 0 Å². The lowest BCUT2D eigenvalue weighted by molar-refractivity contribution is 0.122. The maximum Gasteiger partial charge on any atom is 0.270 e. The van der Waals surface area contributed by atoms with Crippen molar-refractivity contribution in [1.29, 1.82) is 0 Å². The minimum absolute atomic E-state index is 0.0397. The van der Waals surface area contributed by atoms with Crippen molar-refractivity contribution in [2.24, 2.45) is 10.2 Å². The number of morpholine rings is 1. The van der Waals surface area contributed by atoms with Gasteiger partial charge in [0.05, 0.1) is 31.6 Å². The van der Waals surface area contributed by atoms with Gasteiger partial charge in [-0.05, 0) is 30.8 Å². The number of nitrogens with one attached hydrogen (secondary N) is 1. The second kappa shape index (κ2) is 12.6. The Bertz CT molecular complexity index is 1300. The fraction of sp³-hybridized carbons (Fsp3) is 0.407. The number of phenols is 1. The smallest absolute Gasteiger partial charge is 0.270 e. The highest BCUT2D eigenvalue weighted by atomic mass is 35.5. The third-order valence-corrected chi connectivity index (χ3v) is 7.24. The van der Waals surface area contributed by atoms with E-state index in [4.69, 9.17) is 16.3 Å². The molecule has 0 unspecified atom stereocenters. The SMILES string of the molecule is CN1CCN(Cc2ccc(Nc3ccc(CN=Nc4ncc(F)c(N5CCOCC5)n4)c(O)c3Cl)cc2)CC1. The molecule has 1 aromatic heterocycles. The number of rotatable bonds is 8. The van der Waals surface area contributed by atoms with E-state index in [2.05, 4.69) is 54.5 Å². The first-order chi connectivity index (χ1) is 19.0. The third-order valence-electron chi connectivity index (χ3n) is 6.86. The Morgan fingerprint density at radius 2 is 1.79 bits per heavy atom. The van der Waals surface area contributed by atoms with Gasteiger partial charge in [-0.25, -0.2) is 9.37 Å². The molecule has 0 radical (unpaired) electrons. The van der Waals surface area contributed by atoms with Gasteiger partial charge in [0.15, 0.2) is 11.6 Å². The van der Waals surface area contributed by atoms with Crippen LogP contribution < -0.4 is 10.2 Å². The molecule has 3 aromatic rings. The van der Waals surface area contributed by atoms with Crippen LogP contribution in [-0.4, -0.2) is 84.4 Å². The summed E-state index contributed by atoms with van der Waals surface area (Å²) in [4.78, 5) is 14.7. The zero-order valence-electron chi connectivity index (χ0n) is 21.9. The average Bonchev–Trinajstić information content (AvgIpc) is 2.96. The highest BCUT2D eigenvalue weighted by Gasteiger charge is 2.18. The Hall–Kier alpha value is -3.38. The van der Waals surface area contributed by atoms with E-state index in [0.29, 0.717) is 37.6 Å². The number of likely N-dealkylation sites (N-methyl/N-ethyl adjacent to an activating group) is 1. The van der Waals surface area contributed by atoms with Gasteiger partial charge in [-0.2, -0.15) is 10.1 Å². The molecule has 5 rings (SSSR count). The van der Waals surface area contributed by atoms with Gasteiger partial charge in [0.2, 0.25) is 0 Å². The quantitative estimate of drug-likeness (QED) is 0.390. The number of azo groups is 1. The van der Waals surface area contributed by atoms with Gasteiger partial charge in [0.1, 0.15) is 10.8 Å². The van der Waals surface area contributed by atoms with Gasteiger partial charge in [-0.3, -0.25) is 4.90 Å². The van der Waals surface area contributed by atoms with Crippen molar-refractivity contribution in [3.05, 3.63) is 64.6 Å². The second-order valence-electron chi connectivity index (χ2n) is 9.68. The highest BCUT2D eigenvalue weighted by molar-refractivity contribution is 6.34. The fourth-order valence-electron chi connectivity index (χ4n) is 4.51. The lowest BCUT2D eigenvalue weighted by Crippen LogP contribution is -2.43. The van der Waals surface area contributed by atoms with Crippen molar-refractivity contribution >= 4 is 34.7 Å². The zero-order valence-corrected chi connectivity index (χ0v) is 22.6. The van der Waals surface area contributed by atoms with Crippen molar-refractivity contribution < 1.29 is 14.2 Å². The molecule has 2 aliphatic heterocycles. The normalized spacial score (nSPS) is 17.2. The Labute approximate surface area is 232 Å². The summed E-state index contributed by atoms with van der Waals surface area (Å²) in [5.41, 5.74) is 3.20. The van der Waals surface area contributed by atoms with Gasteiger partial charge in [-0.15, -0.1) is 5.11 Å². The van der Waals surface area contributed by atoms with Crippen molar-refractivity contribution in [2.45, 2.75) is 13.1 Å². The maximum absolute atomic E-state index is 14.2. The fourth-order valence-corrected chi connectivity index (χ4v) is 4.74. The molecule has 0 bridgehead atoms. The molecule has 2 aliphatic rings. The van der Waals surface area contributed by atoms with Crippen LogP contribution in [0.15, 0.2) is 52.8 Å². The molecule has 3 heterocycles. The van der Waals surface area contributed by atoms with Crippen LogP contribution in [0.1, 0.15) is 11.1 Å². The lowest BCUT2D eigenvalue weighted by atomic mass is 10.1. The van der Waals surface area contributed by atoms with Crippen LogP contribution in [0.2, 0.25) is 5.02 Å². The topological polar surface area (TPSA) is 102 Å². The lowest BCUT2D eigenvalue weighted by Gasteiger charge is -2.32. The average molecular weight is 555 g/mol. The van der Waals surface area contributed by atoms with Gasteiger partial charge >= 0.3 is 0 Å². The van der Waals surface area contributed by atoms with Crippen LogP contribution in [0.25, 0.3) is 0 Å². The van der Waals surface area contributed by atoms with Crippen LogP contribution >= 0.6 is 11.6 Å². The monoisotopic (exact) mass is 554 g/mol.